The van der Waals surface area contributed by atoms with E-state index < -0.39 is 22.3 Å². The van der Waals surface area contributed by atoms with E-state index in [-0.39, 0.29) is 0 Å². The summed E-state index contributed by atoms with van der Waals surface area (Å²) in [6.45, 7) is 0. The molecule has 4 rings (SSSR count). The summed E-state index contributed by atoms with van der Waals surface area (Å²) in [5, 5.41) is 25.0. The third-order valence-electron chi connectivity index (χ3n) is 4.51. The summed E-state index contributed by atoms with van der Waals surface area (Å²) in [5.41, 5.74) is 4.81. The first-order valence-electron chi connectivity index (χ1n) is 9.14. The molecule has 9 nitrogen and oxygen atoms in total. The SMILES string of the molecule is O=C(N/N=C/c1ccc(O)c([N+](=O)[O-])c1)c1cc(-c2ccncc2)nc2ccccc12. The molecule has 0 atom stereocenters. The fourth-order valence-electron chi connectivity index (χ4n) is 3.03. The number of aromatic hydroxyl groups is 1. The Kier molecular flexibility index (Phi) is 5.31. The molecule has 0 radical (unpaired) electrons. The molecule has 2 aromatic heterocycles. The normalized spacial score (nSPS) is 11.0. The maximum atomic E-state index is 12.8. The molecule has 0 fully saturated rings. The van der Waals surface area contributed by atoms with Crippen LogP contribution in [-0.4, -0.2) is 32.1 Å². The van der Waals surface area contributed by atoms with E-state index >= 15 is 0 Å². The Balaban J connectivity index is 1.64. The summed E-state index contributed by atoms with van der Waals surface area (Å²) in [4.78, 5) is 31.7. The number of nitrogens with one attached hydrogen (secondary N) is 1. The van der Waals surface area contributed by atoms with Gasteiger partial charge in [-0.2, -0.15) is 5.10 Å². The van der Waals surface area contributed by atoms with E-state index in [0.29, 0.717) is 27.7 Å². The molecule has 4 aromatic rings. The number of rotatable bonds is 5. The lowest BCUT2D eigenvalue weighted by molar-refractivity contribution is -0.385. The van der Waals surface area contributed by atoms with Gasteiger partial charge in [0.2, 0.25) is 0 Å². The fourth-order valence-corrected chi connectivity index (χ4v) is 3.03. The predicted molar refractivity (Wildman–Crippen MR) is 115 cm³/mol. The summed E-state index contributed by atoms with van der Waals surface area (Å²) in [6.07, 6.45) is 4.55. The molecule has 0 bridgehead atoms. The van der Waals surface area contributed by atoms with Gasteiger partial charge in [-0.25, -0.2) is 10.4 Å². The number of amides is 1. The lowest BCUT2D eigenvalue weighted by Gasteiger charge is -2.09. The number of fused-ring (bicyclic) bond motifs is 1. The molecule has 0 saturated heterocycles. The number of phenolic OH excluding ortho intramolecular Hbond substituents is 1. The molecule has 0 unspecified atom stereocenters. The van der Waals surface area contributed by atoms with Crippen molar-refractivity contribution in [2.45, 2.75) is 0 Å². The molecule has 0 aliphatic carbocycles. The molecular weight excluding hydrogens is 398 g/mol. The van der Waals surface area contributed by atoms with Gasteiger partial charge in [-0.15, -0.1) is 0 Å². The van der Waals surface area contributed by atoms with Crippen LogP contribution in [0.3, 0.4) is 0 Å². The number of carbonyl (C=O) groups excluding carboxylic acids is 1. The fraction of sp³-hybridized carbons (Fsp3) is 0. The molecule has 31 heavy (non-hydrogen) atoms. The molecule has 152 valence electrons. The molecule has 1 amide bonds. The Morgan fingerprint density at radius 1 is 1.10 bits per heavy atom. The van der Waals surface area contributed by atoms with Gasteiger partial charge in [0.05, 0.1) is 27.9 Å². The van der Waals surface area contributed by atoms with Crippen molar-refractivity contribution in [2.24, 2.45) is 5.10 Å². The van der Waals surface area contributed by atoms with E-state index in [1.54, 1.807) is 36.7 Å². The zero-order chi connectivity index (χ0) is 21.8. The molecule has 0 aliphatic rings. The first kappa shape index (κ1) is 19.6. The molecule has 9 heteroatoms. The Morgan fingerprint density at radius 2 is 1.87 bits per heavy atom. The third-order valence-corrected chi connectivity index (χ3v) is 4.51. The van der Waals surface area contributed by atoms with Crippen LogP contribution >= 0.6 is 0 Å². The van der Waals surface area contributed by atoms with Crippen LogP contribution in [0.4, 0.5) is 5.69 Å². The molecule has 0 aliphatic heterocycles. The van der Waals surface area contributed by atoms with Gasteiger partial charge in [0.1, 0.15) is 0 Å². The smallest absolute Gasteiger partial charge is 0.311 e. The minimum Gasteiger partial charge on any atom is -0.502 e. The van der Waals surface area contributed by atoms with Crippen LogP contribution in [0.15, 0.2) is 78.2 Å². The number of hydrazone groups is 1. The second-order valence-electron chi connectivity index (χ2n) is 6.51. The zero-order valence-corrected chi connectivity index (χ0v) is 16.0. The lowest BCUT2D eigenvalue weighted by atomic mass is 10.0. The maximum absolute atomic E-state index is 12.8. The Hall–Kier alpha value is -4.66. The zero-order valence-electron chi connectivity index (χ0n) is 16.0. The highest BCUT2D eigenvalue weighted by Crippen LogP contribution is 2.26. The predicted octanol–water partition coefficient (Wildman–Crippen LogP) is 3.67. The van der Waals surface area contributed by atoms with E-state index in [2.05, 4.69) is 20.5 Å². The first-order chi connectivity index (χ1) is 15.0. The summed E-state index contributed by atoms with van der Waals surface area (Å²) >= 11 is 0. The quantitative estimate of drug-likeness (QED) is 0.292. The van der Waals surface area contributed by atoms with Crippen molar-refractivity contribution in [3.8, 4) is 17.0 Å². The van der Waals surface area contributed by atoms with Crippen molar-refractivity contribution in [3.05, 3.63) is 94.3 Å². The Bertz CT molecular complexity index is 1320. The van der Waals surface area contributed by atoms with E-state index in [0.717, 1.165) is 11.6 Å². The van der Waals surface area contributed by atoms with Crippen LogP contribution < -0.4 is 5.43 Å². The number of para-hydroxylation sites is 1. The monoisotopic (exact) mass is 413 g/mol. The Labute approximate surface area is 175 Å². The second kappa shape index (κ2) is 8.37. The topological polar surface area (TPSA) is 131 Å². The number of nitro groups is 1. The first-order valence-corrected chi connectivity index (χ1v) is 9.14. The number of nitro benzene ring substituents is 1. The number of hydrogen-bond donors (Lipinski definition) is 2. The lowest BCUT2D eigenvalue weighted by Crippen LogP contribution is -2.18. The number of aromatic nitrogens is 2. The minimum absolute atomic E-state index is 0.349. The minimum atomic E-state index is -0.699. The van der Waals surface area contributed by atoms with Crippen LogP contribution in [0.2, 0.25) is 0 Å². The van der Waals surface area contributed by atoms with Crippen molar-refractivity contribution < 1.29 is 14.8 Å². The van der Waals surface area contributed by atoms with Crippen molar-refractivity contribution in [3.63, 3.8) is 0 Å². The van der Waals surface area contributed by atoms with Gasteiger partial charge >= 0.3 is 5.69 Å². The van der Waals surface area contributed by atoms with Crippen LogP contribution in [-0.2, 0) is 0 Å². The number of nitrogens with zero attached hydrogens (tertiary/aromatic N) is 4. The highest BCUT2D eigenvalue weighted by Gasteiger charge is 2.15. The number of hydrogen-bond acceptors (Lipinski definition) is 7. The van der Waals surface area contributed by atoms with E-state index in [1.807, 2.05) is 18.2 Å². The Morgan fingerprint density at radius 3 is 2.65 bits per heavy atom. The number of benzene rings is 2. The van der Waals surface area contributed by atoms with Gasteiger partial charge in [0.15, 0.2) is 5.75 Å². The number of pyridine rings is 2. The largest absolute Gasteiger partial charge is 0.502 e. The molecule has 0 spiro atoms. The second-order valence-corrected chi connectivity index (χ2v) is 6.51. The summed E-state index contributed by atoms with van der Waals surface area (Å²) in [5.74, 6) is -0.906. The van der Waals surface area contributed by atoms with E-state index in [9.17, 15) is 20.0 Å². The summed E-state index contributed by atoms with van der Waals surface area (Å²) in [6, 6.07) is 16.3. The average molecular weight is 413 g/mol. The molecule has 2 heterocycles. The van der Waals surface area contributed by atoms with Crippen molar-refractivity contribution in [1.82, 2.24) is 15.4 Å². The molecule has 0 saturated carbocycles. The van der Waals surface area contributed by atoms with E-state index in [1.165, 1.54) is 18.3 Å². The molecule has 2 aromatic carbocycles. The van der Waals surface area contributed by atoms with Gasteiger partial charge < -0.3 is 5.11 Å². The number of phenols is 1. The van der Waals surface area contributed by atoms with Crippen molar-refractivity contribution in [1.29, 1.82) is 0 Å². The molecule has 2 N–H and O–H groups in total. The van der Waals surface area contributed by atoms with E-state index in [4.69, 9.17) is 0 Å². The van der Waals surface area contributed by atoms with Crippen molar-refractivity contribution in [2.75, 3.05) is 0 Å². The summed E-state index contributed by atoms with van der Waals surface area (Å²) in [7, 11) is 0. The van der Waals surface area contributed by atoms with Gasteiger partial charge in [0, 0.05) is 35.0 Å². The van der Waals surface area contributed by atoms with Gasteiger partial charge in [0.25, 0.3) is 5.91 Å². The van der Waals surface area contributed by atoms with Crippen LogP contribution in [0.1, 0.15) is 15.9 Å². The van der Waals surface area contributed by atoms with Crippen LogP contribution in [0.5, 0.6) is 5.75 Å². The third kappa shape index (κ3) is 4.20. The highest BCUT2D eigenvalue weighted by molar-refractivity contribution is 6.07. The molecular formula is C22H15N5O4. The average Bonchev–Trinajstić information content (AvgIpc) is 2.79. The van der Waals surface area contributed by atoms with Gasteiger partial charge in [-0.3, -0.25) is 19.9 Å². The van der Waals surface area contributed by atoms with Crippen molar-refractivity contribution >= 4 is 28.7 Å². The standard InChI is InChI=1S/C22H15N5O4/c28-21-6-5-14(11-20(21)27(30)31)13-24-26-22(29)17-12-19(15-7-9-23-10-8-15)25-18-4-2-1-3-16(17)18/h1-13,28H,(H,26,29)/b24-13+. The van der Waals surface area contributed by atoms with Gasteiger partial charge in [-0.05, 0) is 36.4 Å². The summed E-state index contributed by atoms with van der Waals surface area (Å²) < 4.78 is 0. The number of carbonyl (C=O) groups is 1. The van der Waals surface area contributed by atoms with Crippen LogP contribution in [0, 0.1) is 10.1 Å². The maximum Gasteiger partial charge on any atom is 0.311 e. The highest BCUT2D eigenvalue weighted by atomic mass is 16.6. The van der Waals surface area contributed by atoms with Crippen LogP contribution in [0.25, 0.3) is 22.2 Å². The van der Waals surface area contributed by atoms with Gasteiger partial charge in [-0.1, -0.05) is 18.2 Å².